The number of hydrogen-bond donors (Lipinski definition) is 0. The average Bonchev–Trinajstić information content (AvgIpc) is 2.66. The van der Waals surface area contributed by atoms with Crippen molar-refractivity contribution < 1.29 is 4.79 Å². The first-order valence-electron chi connectivity index (χ1n) is 4.91. The van der Waals surface area contributed by atoms with Gasteiger partial charge in [0.1, 0.15) is 4.88 Å². The molecule has 1 aromatic rings. The minimum absolute atomic E-state index is 0.108. The molecule has 4 heteroatoms. The normalized spacial score (nSPS) is 9.87. The van der Waals surface area contributed by atoms with E-state index in [0.29, 0.717) is 17.7 Å². The predicted octanol–water partition coefficient (Wildman–Crippen LogP) is 2.65. The molecule has 0 amide bonds. The van der Waals surface area contributed by atoms with Gasteiger partial charge in [0.2, 0.25) is 0 Å². The Kier molecular flexibility index (Phi) is 4.44. The number of carbonyl (C=O) groups excluding carboxylic acids is 1. The molecule has 1 heterocycles. The number of ketones is 1. The number of aromatic nitrogens is 2. The Labute approximate surface area is 94.1 Å². The second-order valence-electron chi connectivity index (χ2n) is 3.49. The number of nitrogens with zero attached hydrogens (tertiary/aromatic N) is 2. The molecule has 1 rings (SSSR count). The van der Waals surface area contributed by atoms with Crippen LogP contribution in [0, 0.1) is 11.8 Å². The highest BCUT2D eigenvalue weighted by Gasteiger charge is 2.17. The summed E-state index contributed by atoms with van der Waals surface area (Å²) in [4.78, 5) is 12.5. The van der Waals surface area contributed by atoms with Gasteiger partial charge in [-0.2, -0.15) is 0 Å². The highest BCUT2D eigenvalue weighted by atomic mass is 32.1. The Morgan fingerprint density at radius 3 is 2.87 bits per heavy atom. The topological polar surface area (TPSA) is 42.9 Å². The standard InChI is InChI=1S/C11H14N2OS/c1-4-5-6-7-9(14)11-10(8(2)3)12-13-15-11/h8H,6-7H2,1-3H3. The van der Waals surface area contributed by atoms with Crippen molar-refractivity contribution in [3.05, 3.63) is 10.6 Å². The lowest BCUT2D eigenvalue weighted by molar-refractivity contribution is 0.0987. The second kappa shape index (κ2) is 5.62. The van der Waals surface area contributed by atoms with Gasteiger partial charge in [-0.3, -0.25) is 4.79 Å². The molecular weight excluding hydrogens is 208 g/mol. The smallest absolute Gasteiger partial charge is 0.177 e. The fraction of sp³-hybridized carbons (Fsp3) is 0.545. The summed E-state index contributed by atoms with van der Waals surface area (Å²) in [6, 6.07) is 0. The van der Waals surface area contributed by atoms with E-state index in [0.717, 1.165) is 5.69 Å². The van der Waals surface area contributed by atoms with Crippen molar-refractivity contribution in [2.24, 2.45) is 0 Å². The van der Waals surface area contributed by atoms with Crippen LogP contribution < -0.4 is 0 Å². The minimum atomic E-state index is 0.108. The van der Waals surface area contributed by atoms with Crippen LogP contribution >= 0.6 is 11.5 Å². The molecule has 0 aliphatic rings. The SMILES string of the molecule is CC#CCCC(=O)c1snnc1C(C)C. The van der Waals surface area contributed by atoms with Gasteiger partial charge in [-0.05, 0) is 24.4 Å². The van der Waals surface area contributed by atoms with Gasteiger partial charge >= 0.3 is 0 Å². The molecule has 0 fully saturated rings. The summed E-state index contributed by atoms with van der Waals surface area (Å²) in [5, 5.41) is 3.98. The van der Waals surface area contributed by atoms with Crippen molar-refractivity contribution in [1.29, 1.82) is 0 Å². The van der Waals surface area contributed by atoms with Crippen molar-refractivity contribution in [2.75, 3.05) is 0 Å². The van der Waals surface area contributed by atoms with Crippen LogP contribution in [-0.4, -0.2) is 15.4 Å². The van der Waals surface area contributed by atoms with E-state index in [1.807, 2.05) is 13.8 Å². The molecule has 0 saturated heterocycles. The minimum Gasteiger partial charge on any atom is -0.293 e. The summed E-state index contributed by atoms with van der Waals surface area (Å²) < 4.78 is 3.83. The summed E-state index contributed by atoms with van der Waals surface area (Å²) in [6.07, 6.45) is 1.08. The quantitative estimate of drug-likeness (QED) is 0.581. The summed E-state index contributed by atoms with van der Waals surface area (Å²) in [5.41, 5.74) is 0.814. The lowest BCUT2D eigenvalue weighted by atomic mass is 10.1. The van der Waals surface area contributed by atoms with E-state index in [2.05, 4.69) is 21.4 Å². The van der Waals surface area contributed by atoms with E-state index in [-0.39, 0.29) is 11.7 Å². The van der Waals surface area contributed by atoms with E-state index in [1.165, 1.54) is 11.5 Å². The zero-order chi connectivity index (χ0) is 11.3. The van der Waals surface area contributed by atoms with Crippen molar-refractivity contribution in [2.45, 2.75) is 39.5 Å². The van der Waals surface area contributed by atoms with Gasteiger partial charge < -0.3 is 0 Å². The molecule has 0 aliphatic carbocycles. The van der Waals surface area contributed by atoms with Gasteiger partial charge in [-0.15, -0.1) is 16.9 Å². The van der Waals surface area contributed by atoms with Crippen molar-refractivity contribution in [1.82, 2.24) is 9.59 Å². The molecule has 1 aromatic heterocycles. The van der Waals surface area contributed by atoms with E-state index >= 15 is 0 Å². The predicted molar refractivity (Wildman–Crippen MR) is 61.0 cm³/mol. The Morgan fingerprint density at radius 2 is 2.27 bits per heavy atom. The molecule has 0 N–H and O–H groups in total. The fourth-order valence-electron chi connectivity index (χ4n) is 1.18. The monoisotopic (exact) mass is 222 g/mol. The Bertz CT molecular complexity index is 398. The number of rotatable bonds is 4. The van der Waals surface area contributed by atoms with Gasteiger partial charge in [0.25, 0.3) is 0 Å². The summed E-state index contributed by atoms with van der Waals surface area (Å²) >= 11 is 1.19. The van der Waals surface area contributed by atoms with E-state index in [4.69, 9.17) is 0 Å². The first-order valence-corrected chi connectivity index (χ1v) is 5.69. The van der Waals surface area contributed by atoms with E-state index < -0.39 is 0 Å². The maximum absolute atomic E-state index is 11.8. The highest BCUT2D eigenvalue weighted by Crippen LogP contribution is 2.21. The second-order valence-corrected chi connectivity index (χ2v) is 4.25. The van der Waals surface area contributed by atoms with E-state index in [9.17, 15) is 4.79 Å². The van der Waals surface area contributed by atoms with Gasteiger partial charge in [0.05, 0.1) is 5.69 Å². The van der Waals surface area contributed by atoms with Crippen molar-refractivity contribution >= 4 is 17.3 Å². The third-order valence-corrected chi connectivity index (χ3v) is 2.75. The van der Waals surface area contributed by atoms with Crippen molar-refractivity contribution in [3.8, 4) is 11.8 Å². The molecule has 0 spiro atoms. The zero-order valence-electron chi connectivity index (χ0n) is 9.20. The van der Waals surface area contributed by atoms with Crippen molar-refractivity contribution in [3.63, 3.8) is 0 Å². The molecule has 15 heavy (non-hydrogen) atoms. The first kappa shape index (κ1) is 11.9. The molecule has 0 aromatic carbocycles. The maximum Gasteiger partial charge on any atom is 0.177 e. The van der Waals surface area contributed by atoms with Gasteiger partial charge in [0, 0.05) is 12.8 Å². The highest BCUT2D eigenvalue weighted by molar-refractivity contribution is 7.08. The summed E-state index contributed by atoms with van der Waals surface area (Å²) in [6.45, 7) is 5.80. The summed E-state index contributed by atoms with van der Waals surface area (Å²) in [7, 11) is 0. The van der Waals surface area contributed by atoms with Crippen LogP contribution in [0.25, 0.3) is 0 Å². The third-order valence-electron chi connectivity index (χ3n) is 1.97. The van der Waals surface area contributed by atoms with E-state index in [1.54, 1.807) is 6.92 Å². The molecule has 0 aliphatic heterocycles. The molecule has 0 atom stereocenters. The maximum atomic E-state index is 11.8. The third kappa shape index (κ3) is 3.14. The summed E-state index contributed by atoms with van der Waals surface area (Å²) in [5.74, 6) is 6.02. The lowest BCUT2D eigenvalue weighted by Gasteiger charge is -2.01. The fourth-order valence-corrected chi connectivity index (χ4v) is 1.97. The Balaban J connectivity index is 2.72. The van der Waals surface area contributed by atoms with Crippen LogP contribution in [0.4, 0.5) is 0 Å². The lowest BCUT2D eigenvalue weighted by Crippen LogP contribution is -2.01. The van der Waals surface area contributed by atoms with Crippen LogP contribution in [0.15, 0.2) is 0 Å². The molecule has 80 valence electrons. The van der Waals surface area contributed by atoms with Gasteiger partial charge in [0.15, 0.2) is 5.78 Å². The number of carbonyl (C=O) groups is 1. The van der Waals surface area contributed by atoms with Gasteiger partial charge in [-0.25, -0.2) is 0 Å². The van der Waals surface area contributed by atoms with Crippen LogP contribution in [0.5, 0.6) is 0 Å². The van der Waals surface area contributed by atoms with Crippen LogP contribution in [0.2, 0.25) is 0 Å². The molecular formula is C11H14N2OS. The van der Waals surface area contributed by atoms with Crippen LogP contribution in [0.1, 0.15) is 54.9 Å². The zero-order valence-corrected chi connectivity index (χ0v) is 10.0. The van der Waals surface area contributed by atoms with Crippen LogP contribution in [-0.2, 0) is 0 Å². The molecule has 0 unspecified atom stereocenters. The molecule has 0 radical (unpaired) electrons. The largest absolute Gasteiger partial charge is 0.293 e. The Morgan fingerprint density at radius 1 is 1.53 bits per heavy atom. The average molecular weight is 222 g/mol. The first-order chi connectivity index (χ1) is 7.16. The molecule has 0 saturated carbocycles. The number of hydrogen-bond acceptors (Lipinski definition) is 4. The van der Waals surface area contributed by atoms with Crippen LogP contribution in [0.3, 0.4) is 0 Å². The van der Waals surface area contributed by atoms with Gasteiger partial charge in [-0.1, -0.05) is 18.3 Å². The Hall–Kier alpha value is -1.21. The number of Topliss-reactive ketones (excluding diaryl/α,β-unsaturated/α-hetero) is 1. The molecule has 0 bridgehead atoms. The molecule has 3 nitrogen and oxygen atoms in total.